The van der Waals surface area contributed by atoms with E-state index in [0.29, 0.717) is 12.3 Å². The third kappa shape index (κ3) is 3.60. The fraction of sp³-hybridized carbons (Fsp3) is 0.471. The summed E-state index contributed by atoms with van der Waals surface area (Å²) in [7, 11) is 1.59. The second-order valence-corrected chi connectivity index (χ2v) is 5.35. The van der Waals surface area contributed by atoms with Gasteiger partial charge in [-0.25, -0.2) is 4.79 Å². The van der Waals surface area contributed by atoms with Gasteiger partial charge in [0.15, 0.2) is 6.79 Å². The van der Waals surface area contributed by atoms with Gasteiger partial charge in [0.25, 0.3) is 0 Å². The van der Waals surface area contributed by atoms with Gasteiger partial charge in [0, 0.05) is 12.6 Å². The fourth-order valence-corrected chi connectivity index (χ4v) is 3.08. The number of rotatable bonds is 5. The Labute approximate surface area is 131 Å². The molecule has 2 rings (SSSR count). The number of nitrogens with zero attached hydrogens (tertiary/aromatic N) is 1. The van der Waals surface area contributed by atoms with Crippen molar-refractivity contribution in [2.24, 2.45) is 0 Å². The van der Waals surface area contributed by atoms with E-state index in [4.69, 9.17) is 14.6 Å². The number of carbonyl (C=O) groups is 1. The average Bonchev–Trinajstić information content (AvgIpc) is 2.56. The largest absolute Gasteiger partial charge is 0.501 e. The van der Waals surface area contributed by atoms with Crippen molar-refractivity contribution in [1.29, 1.82) is 0 Å². The average molecular weight is 305 g/mol. The lowest BCUT2D eigenvalue weighted by atomic mass is 9.84. The minimum atomic E-state index is -0.608. The molecule has 1 amide bonds. The number of piperidine rings is 1. The van der Waals surface area contributed by atoms with E-state index in [2.05, 4.69) is 6.58 Å². The molecule has 0 aliphatic carbocycles. The number of likely N-dealkylation sites (tertiary alicyclic amines) is 1. The molecular weight excluding hydrogens is 282 g/mol. The fourth-order valence-electron chi connectivity index (χ4n) is 3.08. The Morgan fingerprint density at radius 1 is 1.41 bits per heavy atom. The van der Waals surface area contributed by atoms with Gasteiger partial charge in [0.05, 0.1) is 18.8 Å². The van der Waals surface area contributed by atoms with Crippen LogP contribution in [-0.4, -0.2) is 42.6 Å². The lowest BCUT2D eigenvalue weighted by Crippen LogP contribution is -2.47. The molecule has 1 aromatic rings. The number of hydrogen-bond donors (Lipinski definition) is 1. The molecule has 120 valence electrons. The topological polar surface area (TPSA) is 59.0 Å². The maximum Gasteiger partial charge on any atom is 0.412 e. The van der Waals surface area contributed by atoms with Crippen LogP contribution in [0.3, 0.4) is 0 Å². The first-order chi connectivity index (χ1) is 10.7. The van der Waals surface area contributed by atoms with Gasteiger partial charge in [-0.2, -0.15) is 0 Å². The molecule has 0 radical (unpaired) electrons. The van der Waals surface area contributed by atoms with Crippen molar-refractivity contribution in [2.75, 3.05) is 20.4 Å². The first-order valence-corrected chi connectivity index (χ1v) is 7.51. The van der Waals surface area contributed by atoms with Crippen LogP contribution in [0.5, 0.6) is 0 Å². The van der Waals surface area contributed by atoms with Crippen LogP contribution >= 0.6 is 0 Å². The Morgan fingerprint density at radius 3 is 2.77 bits per heavy atom. The minimum absolute atomic E-state index is 0.0809. The molecule has 5 heteroatoms. The summed E-state index contributed by atoms with van der Waals surface area (Å²) < 4.78 is 10.2. The van der Waals surface area contributed by atoms with E-state index in [1.807, 2.05) is 30.3 Å². The van der Waals surface area contributed by atoms with E-state index in [0.717, 1.165) is 24.8 Å². The van der Waals surface area contributed by atoms with Crippen LogP contribution in [0.1, 0.15) is 30.7 Å². The monoisotopic (exact) mass is 305 g/mol. The lowest BCUT2D eigenvalue weighted by molar-refractivity contribution is 0.00576. The van der Waals surface area contributed by atoms with E-state index >= 15 is 0 Å². The lowest BCUT2D eigenvalue weighted by Gasteiger charge is -2.40. The Bertz CT molecular complexity index is 503. The molecule has 5 nitrogen and oxygen atoms in total. The van der Waals surface area contributed by atoms with Crippen molar-refractivity contribution in [1.82, 2.24) is 4.90 Å². The van der Waals surface area contributed by atoms with E-state index in [1.54, 1.807) is 12.0 Å². The molecule has 0 saturated carbocycles. The molecule has 0 aromatic heterocycles. The quantitative estimate of drug-likeness (QED) is 0.671. The number of methoxy groups -OCH3 is 1. The van der Waals surface area contributed by atoms with Crippen molar-refractivity contribution in [3.05, 3.63) is 48.2 Å². The van der Waals surface area contributed by atoms with Crippen molar-refractivity contribution in [3.8, 4) is 0 Å². The maximum absolute atomic E-state index is 12.1. The summed E-state index contributed by atoms with van der Waals surface area (Å²) in [6.45, 7) is 4.02. The minimum Gasteiger partial charge on any atom is -0.501 e. The third-order valence-electron chi connectivity index (χ3n) is 4.12. The van der Waals surface area contributed by atoms with Crippen LogP contribution in [0, 0.1) is 0 Å². The first kappa shape index (κ1) is 16.4. The van der Waals surface area contributed by atoms with Crippen LogP contribution in [0.15, 0.2) is 42.7 Å². The number of hydrogen-bond acceptors (Lipinski definition) is 4. The molecule has 0 spiro atoms. The highest BCUT2D eigenvalue weighted by molar-refractivity contribution is 5.68. The van der Waals surface area contributed by atoms with Crippen molar-refractivity contribution < 1.29 is 19.4 Å². The van der Waals surface area contributed by atoms with Crippen molar-refractivity contribution >= 4 is 6.09 Å². The number of aliphatic hydroxyl groups excluding tert-OH is 1. The molecule has 1 aliphatic heterocycles. The van der Waals surface area contributed by atoms with Gasteiger partial charge in [-0.05, 0) is 24.8 Å². The number of ether oxygens (including phenoxy) is 2. The summed E-state index contributed by atoms with van der Waals surface area (Å²) in [5, 5.41) is 8.85. The van der Waals surface area contributed by atoms with Gasteiger partial charge in [-0.3, -0.25) is 0 Å². The summed E-state index contributed by atoms with van der Waals surface area (Å²) in [6.07, 6.45) is 2.32. The summed E-state index contributed by atoms with van der Waals surface area (Å²) in [6, 6.07) is 9.82. The summed E-state index contributed by atoms with van der Waals surface area (Å²) in [5.74, 6) is 0.512. The van der Waals surface area contributed by atoms with E-state index in [-0.39, 0.29) is 12.0 Å². The number of benzene rings is 1. The molecule has 2 atom stereocenters. The van der Waals surface area contributed by atoms with Gasteiger partial charge < -0.3 is 19.5 Å². The Kier molecular flexibility index (Phi) is 5.83. The Balaban J connectivity index is 2.31. The third-order valence-corrected chi connectivity index (χ3v) is 4.12. The van der Waals surface area contributed by atoms with Crippen LogP contribution in [-0.2, 0) is 9.47 Å². The predicted molar refractivity (Wildman–Crippen MR) is 83.2 cm³/mol. The zero-order valence-electron chi connectivity index (χ0n) is 12.9. The molecule has 2 unspecified atom stereocenters. The van der Waals surface area contributed by atoms with Gasteiger partial charge in [0.2, 0.25) is 0 Å². The van der Waals surface area contributed by atoms with Gasteiger partial charge in [-0.1, -0.05) is 36.9 Å². The van der Waals surface area contributed by atoms with Crippen LogP contribution in [0.4, 0.5) is 4.79 Å². The molecule has 1 saturated heterocycles. The van der Waals surface area contributed by atoms with Crippen LogP contribution in [0.2, 0.25) is 0 Å². The zero-order chi connectivity index (χ0) is 15.9. The highest BCUT2D eigenvalue weighted by Crippen LogP contribution is 2.35. The highest BCUT2D eigenvalue weighted by Gasteiger charge is 2.36. The van der Waals surface area contributed by atoms with E-state index in [1.165, 1.54) is 0 Å². The number of amides is 1. The molecule has 1 aliphatic rings. The van der Waals surface area contributed by atoms with Crippen LogP contribution < -0.4 is 0 Å². The van der Waals surface area contributed by atoms with Crippen molar-refractivity contribution in [2.45, 2.75) is 31.2 Å². The molecule has 1 aromatic carbocycles. The van der Waals surface area contributed by atoms with Gasteiger partial charge >= 0.3 is 6.09 Å². The van der Waals surface area contributed by atoms with E-state index in [9.17, 15) is 4.79 Å². The molecule has 1 heterocycles. The molecule has 1 fully saturated rings. The first-order valence-electron chi connectivity index (χ1n) is 7.51. The second-order valence-electron chi connectivity index (χ2n) is 5.35. The molecular formula is C17H23NO4. The summed E-state index contributed by atoms with van der Waals surface area (Å²) >= 11 is 0. The Hall–Kier alpha value is -2.01. The molecule has 22 heavy (non-hydrogen) atoms. The smallest absolute Gasteiger partial charge is 0.412 e. The highest BCUT2D eigenvalue weighted by atomic mass is 16.6. The molecule has 0 bridgehead atoms. The Morgan fingerprint density at radius 2 is 2.14 bits per heavy atom. The van der Waals surface area contributed by atoms with Crippen LogP contribution in [0.25, 0.3) is 0 Å². The normalized spacial score (nSPS) is 19.4. The maximum atomic E-state index is 12.1. The van der Waals surface area contributed by atoms with Gasteiger partial charge in [0.1, 0.15) is 0 Å². The van der Waals surface area contributed by atoms with E-state index < -0.39 is 12.9 Å². The summed E-state index contributed by atoms with van der Waals surface area (Å²) in [4.78, 5) is 13.8. The standard InChI is InChI=1S/C17H23NO4/c1-13(21-2)16(14-8-4-3-5-9-14)15-10-6-7-11-18(15)17(20)22-12-19/h3-5,8-9,15-16,19H,1,6-7,10-12H2,2H3. The number of carbonyl (C=O) groups excluding carboxylic acids is 1. The number of aliphatic hydroxyl groups is 1. The predicted octanol–water partition coefficient (Wildman–Crippen LogP) is 2.87. The summed E-state index contributed by atoms with van der Waals surface area (Å²) in [5.41, 5.74) is 1.06. The zero-order valence-corrected chi connectivity index (χ0v) is 12.9. The second kappa shape index (κ2) is 7.84. The van der Waals surface area contributed by atoms with Gasteiger partial charge in [-0.15, -0.1) is 0 Å². The van der Waals surface area contributed by atoms with Crippen molar-refractivity contribution in [3.63, 3.8) is 0 Å². The SMILES string of the molecule is C=C(OC)C(c1ccccc1)C1CCCCN1C(=O)OCO. The molecule has 1 N–H and O–H groups in total.